The number of nitrogens with zero attached hydrogens (tertiary/aromatic N) is 1. The molecule has 1 atom stereocenters. The first-order valence-corrected chi connectivity index (χ1v) is 8.59. The minimum atomic E-state index is -0.627. The van der Waals surface area contributed by atoms with Crippen molar-refractivity contribution in [2.75, 3.05) is 5.75 Å². The summed E-state index contributed by atoms with van der Waals surface area (Å²) in [5.74, 6) is -0.935. The average molecular weight is 344 g/mol. The third-order valence-corrected chi connectivity index (χ3v) is 5.45. The van der Waals surface area contributed by atoms with Crippen molar-refractivity contribution in [2.24, 2.45) is 0 Å². The summed E-state index contributed by atoms with van der Waals surface area (Å²) in [5.41, 5.74) is 2.32. The highest BCUT2D eigenvalue weighted by Gasteiger charge is 2.34. The van der Waals surface area contributed by atoms with Gasteiger partial charge in [0.25, 0.3) is 0 Å². The molecule has 1 aliphatic heterocycles. The lowest BCUT2D eigenvalue weighted by atomic mass is 10.1. The molecule has 1 saturated heterocycles. The van der Waals surface area contributed by atoms with Crippen molar-refractivity contribution < 1.29 is 13.6 Å². The van der Waals surface area contributed by atoms with E-state index >= 15 is 0 Å². The van der Waals surface area contributed by atoms with Gasteiger partial charge in [0.2, 0.25) is 5.91 Å². The minimum Gasteiger partial charge on any atom is -0.361 e. The first-order valence-electron chi connectivity index (χ1n) is 7.54. The number of hydrogen-bond acceptors (Lipinski definition) is 2. The largest absolute Gasteiger partial charge is 0.361 e. The van der Waals surface area contributed by atoms with Crippen LogP contribution in [-0.2, 0) is 11.3 Å². The Morgan fingerprint density at radius 2 is 2.04 bits per heavy atom. The molecule has 0 aliphatic carbocycles. The van der Waals surface area contributed by atoms with E-state index < -0.39 is 11.6 Å². The van der Waals surface area contributed by atoms with Gasteiger partial charge in [-0.25, -0.2) is 8.78 Å². The fourth-order valence-electron chi connectivity index (χ4n) is 3.01. The first kappa shape index (κ1) is 15.2. The Bertz CT molecular complexity index is 924. The number of carbonyl (C=O) groups excluding carboxylic acids is 1. The summed E-state index contributed by atoms with van der Waals surface area (Å²) in [6.45, 7) is 0.127. The van der Waals surface area contributed by atoms with Gasteiger partial charge in [0, 0.05) is 34.3 Å². The van der Waals surface area contributed by atoms with E-state index in [1.165, 1.54) is 23.9 Å². The van der Waals surface area contributed by atoms with E-state index in [0.29, 0.717) is 11.3 Å². The standard InChI is InChI=1S/C18H14F2N2OS/c19-12-6-5-11(15(20)7-12)9-22-17(23)10-24-18(22)14-8-21-16-4-2-1-3-13(14)16/h1-8,18,21H,9-10H2. The predicted octanol–water partition coefficient (Wildman–Crippen LogP) is 4.22. The lowest BCUT2D eigenvalue weighted by molar-refractivity contribution is -0.128. The Hall–Kier alpha value is -2.34. The maximum atomic E-state index is 14.0. The van der Waals surface area contributed by atoms with E-state index in [0.717, 1.165) is 22.5 Å². The zero-order chi connectivity index (χ0) is 16.7. The van der Waals surface area contributed by atoms with Crippen LogP contribution in [0.3, 0.4) is 0 Å². The number of nitrogens with one attached hydrogen (secondary N) is 1. The number of benzene rings is 2. The number of carbonyl (C=O) groups is 1. The normalized spacial score (nSPS) is 17.8. The number of aromatic amines is 1. The second-order valence-corrected chi connectivity index (χ2v) is 6.78. The third-order valence-electron chi connectivity index (χ3n) is 4.21. The highest BCUT2D eigenvalue weighted by Crippen LogP contribution is 2.42. The Morgan fingerprint density at radius 1 is 1.21 bits per heavy atom. The number of aromatic nitrogens is 1. The van der Waals surface area contributed by atoms with Crippen LogP contribution in [0.2, 0.25) is 0 Å². The number of hydrogen-bond donors (Lipinski definition) is 1. The molecule has 4 rings (SSSR count). The van der Waals surface area contributed by atoms with Gasteiger partial charge in [0.1, 0.15) is 17.0 Å². The molecule has 122 valence electrons. The molecule has 1 unspecified atom stereocenters. The van der Waals surface area contributed by atoms with E-state index in [-0.39, 0.29) is 17.8 Å². The molecule has 2 aromatic carbocycles. The number of fused-ring (bicyclic) bond motifs is 1. The van der Waals surface area contributed by atoms with Crippen LogP contribution in [0.4, 0.5) is 8.78 Å². The molecular formula is C18H14F2N2OS. The highest BCUT2D eigenvalue weighted by atomic mass is 32.2. The van der Waals surface area contributed by atoms with Gasteiger partial charge in [-0.1, -0.05) is 24.3 Å². The van der Waals surface area contributed by atoms with E-state index in [2.05, 4.69) is 4.98 Å². The fourth-order valence-corrected chi connectivity index (χ4v) is 4.23. The van der Waals surface area contributed by atoms with Crippen LogP contribution >= 0.6 is 11.8 Å². The van der Waals surface area contributed by atoms with Gasteiger partial charge in [0.05, 0.1) is 12.3 Å². The molecule has 3 nitrogen and oxygen atoms in total. The number of halogens is 2. The van der Waals surface area contributed by atoms with Crippen LogP contribution in [0.1, 0.15) is 16.5 Å². The molecule has 0 saturated carbocycles. The monoisotopic (exact) mass is 344 g/mol. The molecule has 1 fully saturated rings. The maximum Gasteiger partial charge on any atom is 0.234 e. The van der Waals surface area contributed by atoms with Crippen molar-refractivity contribution in [3.8, 4) is 0 Å². The van der Waals surface area contributed by atoms with Crippen LogP contribution in [0.15, 0.2) is 48.7 Å². The molecule has 0 radical (unpaired) electrons. The van der Waals surface area contributed by atoms with E-state index in [4.69, 9.17) is 0 Å². The molecule has 0 bridgehead atoms. The summed E-state index contributed by atoms with van der Waals surface area (Å²) in [7, 11) is 0. The lowest BCUT2D eigenvalue weighted by Gasteiger charge is -2.24. The highest BCUT2D eigenvalue weighted by molar-refractivity contribution is 8.00. The topological polar surface area (TPSA) is 36.1 Å². The predicted molar refractivity (Wildman–Crippen MR) is 90.4 cm³/mol. The zero-order valence-electron chi connectivity index (χ0n) is 12.6. The van der Waals surface area contributed by atoms with Crippen molar-refractivity contribution in [3.63, 3.8) is 0 Å². The summed E-state index contributed by atoms with van der Waals surface area (Å²) in [4.78, 5) is 17.2. The number of H-pyrrole nitrogens is 1. The molecule has 6 heteroatoms. The first-order chi connectivity index (χ1) is 11.6. The molecule has 24 heavy (non-hydrogen) atoms. The van der Waals surface area contributed by atoms with E-state index in [9.17, 15) is 13.6 Å². The van der Waals surface area contributed by atoms with Crippen molar-refractivity contribution in [2.45, 2.75) is 11.9 Å². The van der Waals surface area contributed by atoms with Gasteiger partial charge in [-0.2, -0.15) is 0 Å². The van der Waals surface area contributed by atoms with Crippen LogP contribution in [0, 0.1) is 11.6 Å². The van der Waals surface area contributed by atoms with Crippen LogP contribution < -0.4 is 0 Å². The smallest absolute Gasteiger partial charge is 0.234 e. The molecule has 1 amide bonds. The second kappa shape index (κ2) is 5.94. The van der Waals surface area contributed by atoms with Crippen molar-refractivity contribution in [1.29, 1.82) is 0 Å². The van der Waals surface area contributed by atoms with Crippen molar-refractivity contribution in [1.82, 2.24) is 9.88 Å². The van der Waals surface area contributed by atoms with Crippen molar-refractivity contribution in [3.05, 3.63) is 71.4 Å². The molecule has 1 aromatic heterocycles. The molecule has 1 N–H and O–H groups in total. The summed E-state index contributed by atoms with van der Waals surface area (Å²) in [6, 6.07) is 11.3. The van der Waals surface area contributed by atoms with Crippen molar-refractivity contribution >= 4 is 28.6 Å². The molecular weight excluding hydrogens is 330 g/mol. The van der Waals surface area contributed by atoms with Gasteiger partial charge in [-0.3, -0.25) is 4.79 Å². The Balaban J connectivity index is 1.69. The SMILES string of the molecule is O=C1CSC(c2c[nH]c3ccccc23)N1Cc1ccc(F)cc1F. The second-order valence-electron chi connectivity index (χ2n) is 5.71. The fraction of sp³-hybridized carbons (Fsp3) is 0.167. The number of thioether (sulfide) groups is 1. The number of amides is 1. The van der Waals surface area contributed by atoms with Crippen LogP contribution in [0.25, 0.3) is 10.9 Å². The van der Waals surface area contributed by atoms with Crippen LogP contribution in [-0.4, -0.2) is 21.5 Å². The van der Waals surface area contributed by atoms with Gasteiger partial charge in [0.15, 0.2) is 0 Å². The average Bonchev–Trinajstić information content (AvgIpc) is 3.14. The van der Waals surface area contributed by atoms with Gasteiger partial charge < -0.3 is 9.88 Å². The van der Waals surface area contributed by atoms with E-state index in [1.54, 1.807) is 4.90 Å². The Morgan fingerprint density at radius 3 is 2.88 bits per heavy atom. The van der Waals surface area contributed by atoms with Gasteiger partial charge >= 0.3 is 0 Å². The quantitative estimate of drug-likeness (QED) is 0.772. The van der Waals surface area contributed by atoms with E-state index in [1.807, 2.05) is 30.5 Å². The molecule has 3 aromatic rings. The van der Waals surface area contributed by atoms with Gasteiger partial charge in [-0.15, -0.1) is 11.8 Å². The van der Waals surface area contributed by atoms with Crippen LogP contribution in [0.5, 0.6) is 0 Å². The number of para-hydroxylation sites is 1. The Labute approximate surface area is 141 Å². The summed E-state index contributed by atoms with van der Waals surface area (Å²) < 4.78 is 27.0. The lowest BCUT2D eigenvalue weighted by Crippen LogP contribution is -2.28. The summed E-state index contributed by atoms with van der Waals surface area (Å²) in [6.07, 6.45) is 1.90. The third kappa shape index (κ3) is 2.57. The summed E-state index contributed by atoms with van der Waals surface area (Å²) in [5, 5.41) is 0.868. The molecule has 1 aliphatic rings. The molecule has 0 spiro atoms. The zero-order valence-corrected chi connectivity index (χ0v) is 13.4. The Kier molecular flexibility index (Phi) is 3.76. The summed E-state index contributed by atoms with van der Waals surface area (Å²) >= 11 is 1.52. The maximum absolute atomic E-state index is 14.0. The van der Waals surface area contributed by atoms with Gasteiger partial charge in [-0.05, 0) is 12.1 Å². The number of rotatable bonds is 3. The minimum absolute atomic E-state index is 0.0426. The molecule has 2 heterocycles.